The second-order valence-electron chi connectivity index (χ2n) is 4.96. The van der Waals surface area contributed by atoms with Crippen LogP contribution in [0.15, 0.2) is 58.2 Å². The van der Waals surface area contributed by atoms with Crippen LogP contribution in [0.1, 0.15) is 26.3 Å². The van der Waals surface area contributed by atoms with Crippen LogP contribution in [0.2, 0.25) is 0 Å². The Balaban J connectivity index is 2.16. The minimum atomic E-state index is 0.441. The minimum absolute atomic E-state index is 0.441. The molecule has 1 atom stereocenters. The number of aromatic nitrogens is 1. The molecular formula is C17H18N2S2. The third-order valence-electron chi connectivity index (χ3n) is 3.53. The molecule has 0 radical (unpaired) electrons. The molecule has 0 aliphatic rings. The third kappa shape index (κ3) is 3.01. The summed E-state index contributed by atoms with van der Waals surface area (Å²) in [5.41, 5.74) is 2.29. The van der Waals surface area contributed by atoms with E-state index in [1.807, 2.05) is 30.3 Å². The van der Waals surface area contributed by atoms with E-state index in [1.54, 1.807) is 22.7 Å². The number of thiazole rings is 1. The predicted octanol–water partition coefficient (Wildman–Crippen LogP) is 5.48. The highest BCUT2D eigenvalue weighted by molar-refractivity contribution is 7.14. The molecule has 108 valence electrons. The Kier molecular flexibility index (Phi) is 4.36. The second kappa shape index (κ2) is 6.41. The van der Waals surface area contributed by atoms with E-state index >= 15 is 0 Å². The summed E-state index contributed by atoms with van der Waals surface area (Å²) in [6, 6.07) is 14.9. The molecule has 0 fully saturated rings. The van der Waals surface area contributed by atoms with Crippen molar-refractivity contribution in [3.63, 3.8) is 0 Å². The Morgan fingerprint density at radius 2 is 1.90 bits per heavy atom. The Bertz CT molecular complexity index is 752. The van der Waals surface area contributed by atoms with Crippen molar-refractivity contribution in [2.24, 2.45) is 4.99 Å². The molecule has 3 aromatic rings. The number of nitrogens with zero attached hydrogens (tertiary/aromatic N) is 2. The molecule has 0 amide bonds. The molecule has 2 nitrogen and oxygen atoms in total. The van der Waals surface area contributed by atoms with Gasteiger partial charge in [-0.3, -0.25) is 0 Å². The molecule has 0 saturated heterocycles. The molecule has 0 aliphatic heterocycles. The van der Waals surface area contributed by atoms with Gasteiger partial charge in [0.2, 0.25) is 0 Å². The standard InChI is InChI=1S/C17H18N2S2/c1-3-13(2)19-15(16-10-7-11-20-16)12-21-17(19)18-14-8-5-4-6-9-14/h4-13H,3H2,1-2H3. The first-order valence-electron chi connectivity index (χ1n) is 7.13. The maximum absolute atomic E-state index is 4.83. The van der Waals surface area contributed by atoms with Crippen molar-refractivity contribution >= 4 is 28.4 Å². The quantitative estimate of drug-likeness (QED) is 0.606. The summed E-state index contributed by atoms with van der Waals surface area (Å²) in [6.45, 7) is 4.48. The van der Waals surface area contributed by atoms with Crippen molar-refractivity contribution in [3.8, 4) is 10.6 Å². The molecule has 4 heteroatoms. The highest BCUT2D eigenvalue weighted by Crippen LogP contribution is 2.28. The molecule has 1 aromatic carbocycles. The third-order valence-corrected chi connectivity index (χ3v) is 5.26. The zero-order chi connectivity index (χ0) is 14.7. The highest BCUT2D eigenvalue weighted by atomic mass is 32.1. The lowest BCUT2D eigenvalue weighted by atomic mass is 10.2. The molecule has 0 aliphatic carbocycles. The molecule has 21 heavy (non-hydrogen) atoms. The molecule has 0 saturated carbocycles. The Hall–Kier alpha value is -1.65. The first-order chi connectivity index (χ1) is 10.3. The Morgan fingerprint density at radius 1 is 1.10 bits per heavy atom. The van der Waals surface area contributed by atoms with Crippen LogP contribution in [0.3, 0.4) is 0 Å². The lowest BCUT2D eigenvalue weighted by Crippen LogP contribution is -2.19. The van der Waals surface area contributed by atoms with Crippen molar-refractivity contribution in [2.75, 3.05) is 0 Å². The number of rotatable bonds is 4. The summed E-state index contributed by atoms with van der Waals surface area (Å²) in [5, 5.41) is 4.35. The van der Waals surface area contributed by atoms with Gasteiger partial charge in [0, 0.05) is 11.4 Å². The van der Waals surface area contributed by atoms with Gasteiger partial charge in [0.05, 0.1) is 16.3 Å². The van der Waals surface area contributed by atoms with E-state index in [4.69, 9.17) is 4.99 Å². The smallest absolute Gasteiger partial charge is 0.190 e. The van der Waals surface area contributed by atoms with Crippen LogP contribution in [0, 0.1) is 0 Å². The summed E-state index contributed by atoms with van der Waals surface area (Å²) in [5.74, 6) is 0. The number of hydrogen-bond donors (Lipinski definition) is 0. The monoisotopic (exact) mass is 314 g/mol. The van der Waals surface area contributed by atoms with Crippen LogP contribution in [0.5, 0.6) is 0 Å². The van der Waals surface area contributed by atoms with Crippen molar-refractivity contribution in [3.05, 3.63) is 58.0 Å². The minimum Gasteiger partial charge on any atom is -0.313 e. The van der Waals surface area contributed by atoms with E-state index in [9.17, 15) is 0 Å². The van der Waals surface area contributed by atoms with Crippen LogP contribution in [0.4, 0.5) is 5.69 Å². The average Bonchev–Trinajstić information content (AvgIpc) is 3.16. The summed E-state index contributed by atoms with van der Waals surface area (Å²) in [6.07, 6.45) is 1.09. The first kappa shape index (κ1) is 14.3. The average molecular weight is 314 g/mol. The second-order valence-corrected chi connectivity index (χ2v) is 6.74. The lowest BCUT2D eigenvalue weighted by Gasteiger charge is -2.14. The molecule has 0 N–H and O–H groups in total. The van der Waals surface area contributed by atoms with Gasteiger partial charge in [-0.2, -0.15) is 0 Å². The van der Waals surface area contributed by atoms with Gasteiger partial charge in [-0.05, 0) is 36.9 Å². The fraction of sp³-hybridized carbons (Fsp3) is 0.235. The van der Waals surface area contributed by atoms with Crippen molar-refractivity contribution in [1.82, 2.24) is 4.57 Å². The normalized spacial score (nSPS) is 13.5. The van der Waals surface area contributed by atoms with Crippen LogP contribution in [-0.2, 0) is 0 Å². The summed E-state index contributed by atoms with van der Waals surface area (Å²) in [4.78, 5) is 7.20. The summed E-state index contributed by atoms with van der Waals surface area (Å²) < 4.78 is 2.36. The van der Waals surface area contributed by atoms with Gasteiger partial charge in [-0.1, -0.05) is 31.2 Å². The first-order valence-corrected chi connectivity index (χ1v) is 8.89. The van der Waals surface area contributed by atoms with Crippen LogP contribution < -0.4 is 4.80 Å². The molecule has 2 aromatic heterocycles. The summed E-state index contributed by atoms with van der Waals surface area (Å²) >= 11 is 3.50. The van der Waals surface area contributed by atoms with Gasteiger partial charge in [0.15, 0.2) is 4.80 Å². The van der Waals surface area contributed by atoms with Crippen molar-refractivity contribution in [2.45, 2.75) is 26.3 Å². The van der Waals surface area contributed by atoms with E-state index in [1.165, 1.54) is 10.6 Å². The van der Waals surface area contributed by atoms with Gasteiger partial charge in [-0.15, -0.1) is 22.7 Å². The highest BCUT2D eigenvalue weighted by Gasteiger charge is 2.13. The maximum Gasteiger partial charge on any atom is 0.190 e. The van der Waals surface area contributed by atoms with E-state index in [2.05, 4.69) is 41.3 Å². The van der Waals surface area contributed by atoms with Gasteiger partial charge in [-0.25, -0.2) is 4.99 Å². The fourth-order valence-electron chi connectivity index (χ4n) is 2.23. The molecule has 0 spiro atoms. The van der Waals surface area contributed by atoms with Gasteiger partial charge in [0.25, 0.3) is 0 Å². The van der Waals surface area contributed by atoms with Crippen LogP contribution in [-0.4, -0.2) is 4.57 Å². The number of benzene rings is 1. The molecule has 0 bridgehead atoms. The van der Waals surface area contributed by atoms with Crippen LogP contribution >= 0.6 is 22.7 Å². The number of hydrogen-bond acceptors (Lipinski definition) is 3. The SMILES string of the molecule is CCC(C)n1c(-c2cccs2)csc1=Nc1ccccc1. The molecule has 3 rings (SSSR count). The van der Waals surface area contributed by atoms with Crippen LogP contribution in [0.25, 0.3) is 10.6 Å². The molecular weight excluding hydrogens is 296 g/mol. The number of para-hydroxylation sites is 1. The van der Waals surface area contributed by atoms with E-state index in [0.29, 0.717) is 6.04 Å². The number of thiophene rings is 1. The molecule has 2 heterocycles. The Labute approximate surface area is 133 Å². The zero-order valence-electron chi connectivity index (χ0n) is 12.2. The predicted molar refractivity (Wildman–Crippen MR) is 92.3 cm³/mol. The van der Waals surface area contributed by atoms with E-state index in [0.717, 1.165) is 16.9 Å². The molecule has 1 unspecified atom stereocenters. The van der Waals surface area contributed by atoms with Crippen molar-refractivity contribution in [1.29, 1.82) is 0 Å². The zero-order valence-corrected chi connectivity index (χ0v) is 13.8. The Morgan fingerprint density at radius 3 is 2.57 bits per heavy atom. The maximum atomic E-state index is 4.83. The van der Waals surface area contributed by atoms with Crippen molar-refractivity contribution < 1.29 is 0 Å². The topological polar surface area (TPSA) is 17.3 Å². The van der Waals surface area contributed by atoms with Gasteiger partial charge in [0.1, 0.15) is 0 Å². The lowest BCUT2D eigenvalue weighted by molar-refractivity contribution is 0.524. The summed E-state index contributed by atoms with van der Waals surface area (Å²) in [7, 11) is 0. The van der Waals surface area contributed by atoms with Gasteiger partial charge < -0.3 is 4.57 Å². The largest absolute Gasteiger partial charge is 0.313 e. The van der Waals surface area contributed by atoms with Gasteiger partial charge >= 0.3 is 0 Å². The fourth-order valence-corrected chi connectivity index (χ4v) is 4.05. The van der Waals surface area contributed by atoms with E-state index in [-0.39, 0.29) is 0 Å². The van der Waals surface area contributed by atoms with E-state index < -0.39 is 0 Å².